The van der Waals surface area contributed by atoms with E-state index in [1.807, 2.05) is 0 Å². The Balaban J connectivity index is 0.00000156. The van der Waals surface area contributed by atoms with Crippen LogP contribution >= 0.6 is 0 Å². The SMILES string of the molecule is Cc1[c-]c(CN(Cc2ccccc2)Cc2ccccc2)ccc1.[Br-].[Mg+2]. The topological polar surface area (TPSA) is 3.24 Å². The van der Waals surface area contributed by atoms with Gasteiger partial charge in [0.2, 0.25) is 0 Å². The third-order valence-corrected chi connectivity index (χ3v) is 3.89. The Morgan fingerprint density at radius 3 is 1.68 bits per heavy atom. The summed E-state index contributed by atoms with van der Waals surface area (Å²) in [5, 5.41) is 0. The number of benzene rings is 3. The molecule has 1 nitrogen and oxygen atoms in total. The molecule has 0 saturated heterocycles. The van der Waals surface area contributed by atoms with Crippen LogP contribution in [0.2, 0.25) is 0 Å². The fourth-order valence-electron chi connectivity index (χ4n) is 2.83. The van der Waals surface area contributed by atoms with Crippen molar-refractivity contribution >= 4 is 23.1 Å². The van der Waals surface area contributed by atoms with Crippen molar-refractivity contribution in [3.8, 4) is 0 Å². The minimum atomic E-state index is 0. The molecular weight excluding hydrogens is 382 g/mol. The molecule has 0 aliphatic heterocycles. The minimum absolute atomic E-state index is 0. The molecular formula is C22H22BrMgN. The van der Waals surface area contributed by atoms with Gasteiger partial charge in [0.25, 0.3) is 0 Å². The van der Waals surface area contributed by atoms with Gasteiger partial charge >= 0.3 is 23.1 Å². The molecule has 0 heterocycles. The summed E-state index contributed by atoms with van der Waals surface area (Å²) in [6.07, 6.45) is 0. The Labute approximate surface area is 178 Å². The number of hydrogen-bond acceptors (Lipinski definition) is 1. The number of nitrogens with zero attached hydrogens (tertiary/aromatic N) is 1. The van der Waals surface area contributed by atoms with Gasteiger partial charge < -0.3 is 17.0 Å². The summed E-state index contributed by atoms with van der Waals surface area (Å²) in [6.45, 7) is 4.89. The van der Waals surface area contributed by atoms with Crippen LogP contribution in [0.15, 0.2) is 78.9 Å². The maximum absolute atomic E-state index is 3.47. The van der Waals surface area contributed by atoms with Crippen LogP contribution in [0.4, 0.5) is 0 Å². The van der Waals surface area contributed by atoms with Gasteiger partial charge in [-0.2, -0.15) is 29.8 Å². The summed E-state index contributed by atoms with van der Waals surface area (Å²) in [4.78, 5) is 2.47. The van der Waals surface area contributed by atoms with Gasteiger partial charge in [-0.05, 0) is 11.1 Å². The Kier molecular flexibility index (Phi) is 10.1. The first-order valence-corrected chi connectivity index (χ1v) is 8.07. The van der Waals surface area contributed by atoms with E-state index < -0.39 is 0 Å². The van der Waals surface area contributed by atoms with Gasteiger partial charge in [-0.15, -0.1) is 5.56 Å². The molecule has 25 heavy (non-hydrogen) atoms. The Hall–Kier alpha value is -1.13. The van der Waals surface area contributed by atoms with Gasteiger partial charge in [0.1, 0.15) is 0 Å². The van der Waals surface area contributed by atoms with Gasteiger partial charge in [0.05, 0.1) is 0 Å². The van der Waals surface area contributed by atoms with Gasteiger partial charge in [-0.1, -0.05) is 67.6 Å². The van der Waals surface area contributed by atoms with Crippen molar-refractivity contribution in [1.29, 1.82) is 0 Å². The second-order valence-electron chi connectivity index (χ2n) is 5.98. The van der Waals surface area contributed by atoms with Crippen molar-refractivity contribution in [2.75, 3.05) is 0 Å². The summed E-state index contributed by atoms with van der Waals surface area (Å²) in [5.41, 5.74) is 5.13. The summed E-state index contributed by atoms with van der Waals surface area (Å²) in [7, 11) is 0. The van der Waals surface area contributed by atoms with Gasteiger partial charge in [-0.25, -0.2) is 0 Å². The third kappa shape index (κ3) is 7.33. The van der Waals surface area contributed by atoms with Crippen molar-refractivity contribution in [3.63, 3.8) is 0 Å². The number of rotatable bonds is 6. The van der Waals surface area contributed by atoms with Gasteiger partial charge in [-0.3, -0.25) is 4.90 Å². The van der Waals surface area contributed by atoms with Crippen LogP contribution in [-0.4, -0.2) is 28.0 Å². The Morgan fingerprint density at radius 1 is 0.680 bits per heavy atom. The number of hydrogen-bond donors (Lipinski definition) is 0. The normalized spacial score (nSPS) is 10.0. The molecule has 0 spiro atoms. The maximum Gasteiger partial charge on any atom is 2.00 e. The first-order valence-electron chi connectivity index (χ1n) is 8.07. The average molecular weight is 405 g/mol. The van der Waals surface area contributed by atoms with E-state index in [0.29, 0.717) is 0 Å². The van der Waals surface area contributed by atoms with Crippen molar-refractivity contribution in [1.82, 2.24) is 4.90 Å². The molecule has 0 N–H and O–H groups in total. The first kappa shape index (κ1) is 21.9. The van der Waals surface area contributed by atoms with Gasteiger partial charge in [0.15, 0.2) is 0 Å². The van der Waals surface area contributed by atoms with Crippen molar-refractivity contribution in [2.45, 2.75) is 26.6 Å². The second-order valence-corrected chi connectivity index (χ2v) is 5.98. The molecule has 3 aromatic rings. The van der Waals surface area contributed by atoms with Crippen LogP contribution in [0.3, 0.4) is 0 Å². The fourth-order valence-corrected chi connectivity index (χ4v) is 2.83. The molecule has 0 fully saturated rings. The Bertz CT molecular complexity index is 690. The van der Waals surface area contributed by atoms with Crippen LogP contribution in [0.1, 0.15) is 22.3 Å². The molecule has 0 bridgehead atoms. The van der Waals surface area contributed by atoms with Crippen LogP contribution in [0.5, 0.6) is 0 Å². The smallest absolute Gasteiger partial charge is 1.00 e. The van der Waals surface area contributed by atoms with Crippen molar-refractivity contribution < 1.29 is 17.0 Å². The van der Waals surface area contributed by atoms with E-state index in [1.54, 1.807) is 0 Å². The van der Waals surface area contributed by atoms with Crippen LogP contribution in [-0.2, 0) is 19.6 Å². The van der Waals surface area contributed by atoms with E-state index in [-0.39, 0.29) is 40.0 Å². The number of halogens is 1. The molecule has 3 aromatic carbocycles. The van der Waals surface area contributed by atoms with Crippen LogP contribution in [0, 0.1) is 13.0 Å². The Morgan fingerprint density at radius 2 is 1.20 bits per heavy atom. The molecule has 124 valence electrons. The third-order valence-electron chi connectivity index (χ3n) is 3.89. The fraction of sp³-hybridized carbons (Fsp3) is 0.182. The summed E-state index contributed by atoms with van der Waals surface area (Å²) in [5.74, 6) is 0. The monoisotopic (exact) mass is 403 g/mol. The summed E-state index contributed by atoms with van der Waals surface area (Å²) in [6, 6.07) is 31.2. The minimum Gasteiger partial charge on any atom is -1.00 e. The van der Waals surface area contributed by atoms with E-state index in [1.165, 1.54) is 22.3 Å². The summed E-state index contributed by atoms with van der Waals surface area (Å²) < 4.78 is 0. The predicted octanol–water partition coefficient (Wildman–Crippen LogP) is 1.62. The summed E-state index contributed by atoms with van der Waals surface area (Å²) >= 11 is 0. The molecule has 0 unspecified atom stereocenters. The average Bonchev–Trinajstić information content (AvgIpc) is 2.57. The van der Waals surface area contributed by atoms with E-state index >= 15 is 0 Å². The van der Waals surface area contributed by atoms with Crippen LogP contribution < -0.4 is 17.0 Å². The zero-order chi connectivity index (χ0) is 15.9. The van der Waals surface area contributed by atoms with Gasteiger partial charge in [0, 0.05) is 19.6 Å². The molecule has 0 aromatic heterocycles. The quantitative estimate of drug-likeness (QED) is 0.446. The predicted molar refractivity (Wildman–Crippen MR) is 102 cm³/mol. The molecule has 3 heteroatoms. The van der Waals surface area contributed by atoms with Crippen LogP contribution in [0.25, 0.3) is 0 Å². The zero-order valence-electron chi connectivity index (χ0n) is 14.7. The standard InChI is InChI=1S/C22H22N.BrH.Mg/c1-19-9-8-14-22(15-19)18-23(16-20-10-4-2-5-11-20)17-21-12-6-3-7-13-21;;/h2-14H,16-18H2,1H3;1H;/q-1;;+2/p-1. The van der Waals surface area contributed by atoms with E-state index in [9.17, 15) is 0 Å². The molecule has 0 radical (unpaired) electrons. The molecule has 0 saturated carbocycles. The largest absolute Gasteiger partial charge is 2.00 e. The molecule has 0 atom stereocenters. The molecule has 0 amide bonds. The molecule has 0 aliphatic rings. The van der Waals surface area contributed by atoms with Crippen molar-refractivity contribution in [2.24, 2.45) is 0 Å². The molecule has 3 rings (SSSR count). The van der Waals surface area contributed by atoms with E-state index in [4.69, 9.17) is 0 Å². The molecule has 0 aliphatic carbocycles. The van der Waals surface area contributed by atoms with E-state index in [0.717, 1.165) is 19.6 Å². The first-order chi connectivity index (χ1) is 11.3. The maximum atomic E-state index is 3.47. The number of aryl methyl sites for hydroxylation is 1. The zero-order valence-corrected chi connectivity index (χ0v) is 17.7. The second kappa shape index (κ2) is 11.5. The van der Waals surface area contributed by atoms with E-state index in [2.05, 4.69) is 96.8 Å². The van der Waals surface area contributed by atoms with Crippen molar-refractivity contribution in [3.05, 3.63) is 107 Å².